The molecule has 1 amide bonds. The molecule has 0 saturated carbocycles. The fourth-order valence-corrected chi connectivity index (χ4v) is 7.07. The Hall–Kier alpha value is -1.94. The van der Waals surface area contributed by atoms with E-state index in [2.05, 4.69) is 29.1 Å². The Morgan fingerprint density at radius 1 is 1.03 bits per heavy atom. The number of rotatable bonds is 6. The summed E-state index contributed by atoms with van der Waals surface area (Å²) in [6, 6.07) is 7.12. The first-order valence-electron chi connectivity index (χ1n) is 11.8. The predicted octanol–water partition coefficient (Wildman–Crippen LogP) is 3.80. The summed E-state index contributed by atoms with van der Waals surface area (Å²) < 4.78 is 28.2. The summed E-state index contributed by atoms with van der Waals surface area (Å²) in [5.74, 6) is -0.189. The number of hydrogen-bond donors (Lipinski definition) is 1. The molecule has 2 aliphatic rings. The van der Waals surface area contributed by atoms with Crippen molar-refractivity contribution < 1.29 is 13.2 Å². The summed E-state index contributed by atoms with van der Waals surface area (Å²) >= 11 is 1.50. The van der Waals surface area contributed by atoms with Crippen LogP contribution < -0.4 is 10.2 Å². The van der Waals surface area contributed by atoms with Crippen LogP contribution in [0.3, 0.4) is 0 Å². The third-order valence-corrected chi connectivity index (χ3v) is 9.85. The molecule has 0 bridgehead atoms. The van der Waals surface area contributed by atoms with Gasteiger partial charge in [-0.05, 0) is 63.1 Å². The Morgan fingerprint density at radius 2 is 1.73 bits per heavy atom. The highest BCUT2D eigenvalue weighted by Crippen LogP contribution is 2.33. The number of anilines is 2. The Balaban J connectivity index is 1.67. The van der Waals surface area contributed by atoms with Crippen LogP contribution in [-0.2, 0) is 16.4 Å². The first-order chi connectivity index (χ1) is 15.8. The molecule has 4 rings (SSSR count). The fourth-order valence-electron chi connectivity index (χ4n) is 4.52. The summed E-state index contributed by atoms with van der Waals surface area (Å²) in [6.45, 7) is 8.72. The summed E-state index contributed by atoms with van der Waals surface area (Å²) in [7, 11) is -1.49. The summed E-state index contributed by atoms with van der Waals surface area (Å²) in [6.07, 6.45) is 3.73. The maximum absolute atomic E-state index is 13.3. The Kier molecular flexibility index (Phi) is 7.43. The molecule has 3 heterocycles. The summed E-state index contributed by atoms with van der Waals surface area (Å²) in [5, 5.41) is 3.05. The average Bonchev–Trinajstić information content (AvgIpc) is 3.21. The molecular formula is C24H34N4O3S2. The molecule has 1 aromatic carbocycles. The standard InChI is InChI=1S/C24H34N4O3S2/c1-4-22-18(2)16-23(32-22)24(29)25-20-17-19(33(30,31)28-10-6-5-7-11-28)8-9-21(20)27-14-12-26(3)13-15-27/h8-9,16-17H,4-7,10-15H2,1-3H3,(H,25,29). The van der Waals surface area contributed by atoms with E-state index in [0.717, 1.165) is 63.1 Å². The number of carbonyl (C=O) groups excluding carboxylic acids is 1. The van der Waals surface area contributed by atoms with Gasteiger partial charge in [-0.2, -0.15) is 4.31 Å². The van der Waals surface area contributed by atoms with Gasteiger partial charge in [0.15, 0.2) is 0 Å². The maximum Gasteiger partial charge on any atom is 0.265 e. The van der Waals surface area contributed by atoms with Crippen molar-refractivity contribution >= 4 is 38.6 Å². The van der Waals surface area contributed by atoms with Crippen LogP contribution in [0.1, 0.15) is 46.3 Å². The molecule has 0 radical (unpaired) electrons. The third kappa shape index (κ3) is 5.26. The first-order valence-corrected chi connectivity index (χ1v) is 14.0. The molecule has 1 N–H and O–H groups in total. The number of carbonyl (C=O) groups is 1. The lowest BCUT2D eigenvalue weighted by Crippen LogP contribution is -2.44. The van der Waals surface area contributed by atoms with Gasteiger partial charge in [0.25, 0.3) is 5.91 Å². The molecule has 180 valence electrons. The van der Waals surface area contributed by atoms with E-state index in [1.165, 1.54) is 16.2 Å². The lowest BCUT2D eigenvalue weighted by atomic mass is 10.2. The number of nitrogens with one attached hydrogen (secondary N) is 1. The summed E-state index contributed by atoms with van der Waals surface area (Å²) in [4.78, 5) is 19.7. The van der Waals surface area contributed by atoms with E-state index in [1.54, 1.807) is 16.4 Å². The van der Waals surface area contributed by atoms with Crippen LogP contribution in [0.15, 0.2) is 29.2 Å². The SMILES string of the molecule is CCc1sc(C(=O)Nc2cc(S(=O)(=O)N3CCCCC3)ccc2N2CCN(C)CC2)cc1C. The molecule has 9 heteroatoms. The molecule has 7 nitrogen and oxygen atoms in total. The zero-order valence-electron chi connectivity index (χ0n) is 19.8. The minimum Gasteiger partial charge on any atom is -0.367 e. The molecule has 0 aliphatic carbocycles. The monoisotopic (exact) mass is 490 g/mol. The highest BCUT2D eigenvalue weighted by atomic mass is 32.2. The van der Waals surface area contributed by atoms with E-state index in [9.17, 15) is 13.2 Å². The normalized spacial score (nSPS) is 18.5. The van der Waals surface area contributed by atoms with Gasteiger partial charge >= 0.3 is 0 Å². The van der Waals surface area contributed by atoms with Gasteiger partial charge in [0.05, 0.1) is 21.1 Å². The van der Waals surface area contributed by atoms with Crippen LogP contribution in [0.2, 0.25) is 0 Å². The van der Waals surface area contributed by atoms with E-state index < -0.39 is 10.0 Å². The van der Waals surface area contributed by atoms with E-state index in [0.29, 0.717) is 23.7 Å². The zero-order chi connectivity index (χ0) is 23.6. The second-order valence-corrected chi connectivity index (χ2v) is 12.0. The molecule has 33 heavy (non-hydrogen) atoms. The van der Waals surface area contributed by atoms with Gasteiger partial charge in [0.2, 0.25) is 10.0 Å². The number of likely N-dealkylation sites (N-methyl/N-ethyl adjacent to an activating group) is 1. The van der Waals surface area contributed by atoms with Gasteiger partial charge in [0, 0.05) is 44.1 Å². The van der Waals surface area contributed by atoms with Crippen molar-refractivity contribution in [1.29, 1.82) is 0 Å². The number of hydrogen-bond acceptors (Lipinski definition) is 6. The van der Waals surface area contributed by atoms with Crippen molar-refractivity contribution in [1.82, 2.24) is 9.21 Å². The topological polar surface area (TPSA) is 73.0 Å². The van der Waals surface area contributed by atoms with Crippen molar-refractivity contribution in [3.63, 3.8) is 0 Å². The number of nitrogens with zero attached hydrogens (tertiary/aromatic N) is 3. The second kappa shape index (κ2) is 10.1. The molecule has 1 aromatic heterocycles. The van der Waals surface area contributed by atoms with E-state index in [-0.39, 0.29) is 10.8 Å². The van der Waals surface area contributed by atoms with Gasteiger partial charge in [-0.3, -0.25) is 4.79 Å². The highest BCUT2D eigenvalue weighted by molar-refractivity contribution is 7.89. The molecule has 0 unspecified atom stereocenters. The molecular weight excluding hydrogens is 456 g/mol. The Labute approximate surface area is 201 Å². The van der Waals surface area contributed by atoms with Gasteiger partial charge in [-0.1, -0.05) is 13.3 Å². The first kappa shape index (κ1) is 24.2. The van der Waals surface area contributed by atoms with E-state index in [4.69, 9.17) is 0 Å². The average molecular weight is 491 g/mol. The second-order valence-electron chi connectivity index (χ2n) is 8.96. The van der Waals surface area contributed by atoms with Gasteiger partial charge in [0.1, 0.15) is 0 Å². The largest absolute Gasteiger partial charge is 0.367 e. The Morgan fingerprint density at radius 3 is 2.36 bits per heavy atom. The van der Waals surface area contributed by atoms with Crippen molar-refractivity contribution in [2.45, 2.75) is 44.4 Å². The number of aryl methyl sites for hydroxylation is 2. The number of sulfonamides is 1. The molecule has 2 fully saturated rings. The van der Waals surface area contributed by atoms with Crippen LogP contribution in [0, 0.1) is 6.92 Å². The van der Waals surface area contributed by atoms with Crippen LogP contribution in [0.25, 0.3) is 0 Å². The lowest BCUT2D eigenvalue weighted by molar-refractivity contribution is 0.103. The van der Waals surface area contributed by atoms with E-state index >= 15 is 0 Å². The molecule has 2 saturated heterocycles. The maximum atomic E-state index is 13.3. The third-order valence-electron chi connectivity index (χ3n) is 6.58. The van der Waals surface area contributed by atoms with Gasteiger partial charge in [-0.15, -0.1) is 11.3 Å². The molecule has 0 atom stereocenters. The van der Waals surface area contributed by atoms with Gasteiger partial charge in [-0.25, -0.2) is 8.42 Å². The molecule has 2 aliphatic heterocycles. The Bertz CT molecular complexity index is 1100. The minimum absolute atomic E-state index is 0.189. The predicted molar refractivity (Wildman–Crippen MR) is 135 cm³/mol. The summed E-state index contributed by atoms with van der Waals surface area (Å²) in [5.41, 5.74) is 2.55. The van der Waals surface area contributed by atoms with Crippen molar-refractivity contribution in [3.8, 4) is 0 Å². The zero-order valence-corrected chi connectivity index (χ0v) is 21.4. The number of piperazine rings is 1. The smallest absolute Gasteiger partial charge is 0.265 e. The van der Waals surface area contributed by atoms with E-state index in [1.807, 2.05) is 19.1 Å². The van der Waals surface area contributed by atoms with Crippen molar-refractivity contribution in [2.24, 2.45) is 0 Å². The minimum atomic E-state index is -3.59. The number of benzene rings is 1. The van der Waals surface area contributed by atoms with Crippen molar-refractivity contribution in [3.05, 3.63) is 39.6 Å². The highest BCUT2D eigenvalue weighted by Gasteiger charge is 2.28. The molecule has 2 aromatic rings. The quantitative estimate of drug-likeness (QED) is 0.667. The van der Waals surface area contributed by atoms with Crippen LogP contribution in [-0.4, -0.2) is 69.8 Å². The number of piperidine rings is 1. The van der Waals surface area contributed by atoms with Crippen LogP contribution >= 0.6 is 11.3 Å². The van der Waals surface area contributed by atoms with Gasteiger partial charge < -0.3 is 15.1 Å². The molecule has 0 spiro atoms. The number of thiophene rings is 1. The lowest BCUT2D eigenvalue weighted by Gasteiger charge is -2.35. The van der Waals surface area contributed by atoms with Crippen LogP contribution in [0.5, 0.6) is 0 Å². The number of amides is 1. The van der Waals surface area contributed by atoms with Crippen molar-refractivity contribution in [2.75, 3.05) is 56.5 Å². The fraction of sp³-hybridized carbons (Fsp3) is 0.542. The van der Waals surface area contributed by atoms with Crippen LogP contribution in [0.4, 0.5) is 11.4 Å².